The van der Waals surface area contributed by atoms with Crippen molar-refractivity contribution < 1.29 is 4.79 Å². The number of aromatic nitrogens is 2. The quantitative estimate of drug-likeness (QED) is 0.300. The zero-order chi connectivity index (χ0) is 11.3. The molecule has 1 aromatic heterocycles. The lowest BCUT2D eigenvalue weighted by Crippen LogP contribution is -2.37. The fourth-order valence-electron chi connectivity index (χ4n) is 0.988. The first-order valence-electron chi connectivity index (χ1n) is 4.43. The lowest BCUT2D eigenvalue weighted by molar-refractivity contribution is -0.120. The molecule has 0 spiro atoms. The maximum absolute atomic E-state index is 11.4. The number of nitrogens with one attached hydrogen (secondary N) is 1. The predicted molar refractivity (Wildman–Crippen MR) is 61.2 cm³/mol. The summed E-state index contributed by atoms with van der Waals surface area (Å²) in [6.45, 7) is 2.01. The summed E-state index contributed by atoms with van der Waals surface area (Å²) in [5.41, 5.74) is 7.59. The van der Waals surface area contributed by atoms with Crippen molar-refractivity contribution in [1.82, 2.24) is 15.6 Å². The van der Waals surface area contributed by atoms with Crippen molar-refractivity contribution in [1.29, 1.82) is 0 Å². The monoisotopic (exact) mass is 247 g/mol. The summed E-state index contributed by atoms with van der Waals surface area (Å²) in [5, 5.41) is 7.69. The summed E-state index contributed by atoms with van der Waals surface area (Å²) in [6, 6.07) is 0. The van der Waals surface area contributed by atoms with E-state index in [9.17, 15) is 4.79 Å². The highest BCUT2D eigenvalue weighted by atomic mass is 32.2. The summed E-state index contributed by atoms with van der Waals surface area (Å²) in [7, 11) is 0. The van der Waals surface area contributed by atoms with Crippen molar-refractivity contribution in [2.24, 2.45) is 5.84 Å². The molecule has 1 rings (SSSR count). The van der Waals surface area contributed by atoms with Gasteiger partial charge in [0.15, 0.2) is 4.34 Å². The first kappa shape index (κ1) is 12.2. The van der Waals surface area contributed by atoms with E-state index in [0.29, 0.717) is 9.47 Å². The molecule has 6 nitrogen and oxygen atoms in total. The van der Waals surface area contributed by atoms with E-state index in [1.165, 1.54) is 23.1 Å². The van der Waals surface area contributed by atoms with Crippen LogP contribution >= 0.6 is 23.1 Å². The molecule has 1 unspecified atom stereocenters. The average molecular weight is 247 g/mol. The Morgan fingerprint density at radius 1 is 1.67 bits per heavy atom. The Morgan fingerprint density at radius 3 is 2.87 bits per heavy atom. The third-order valence-corrected chi connectivity index (χ3v) is 3.75. The second kappa shape index (κ2) is 5.89. The zero-order valence-corrected chi connectivity index (χ0v) is 9.90. The number of nitrogens with two attached hydrogens (primary N) is 2. The predicted octanol–water partition coefficient (Wildman–Crippen LogP) is 0.371. The zero-order valence-electron chi connectivity index (χ0n) is 8.27. The highest BCUT2D eigenvalue weighted by Gasteiger charge is 2.19. The van der Waals surface area contributed by atoms with Gasteiger partial charge in [-0.25, -0.2) is 5.84 Å². The van der Waals surface area contributed by atoms with Crippen molar-refractivity contribution in [2.45, 2.75) is 29.4 Å². The molecule has 15 heavy (non-hydrogen) atoms. The first-order chi connectivity index (χ1) is 7.17. The Labute approximate surface area is 95.8 Å². The molecule has 0 saturated heterocycles. The number of nitrogen functional groups attached to an aromatic ring is 1. The van der Waals surface area contributed by atoms with Gasteiger partial charge in [-0.1, -0.05) is 36.4 Å². The third-order valence-electron chi connectivity index (χ3n) is 1.65. The van der Waals surface area contributed by atoms with Crippen LogP contribution in [0.2, 0.25) is 0 Å². The van der Waals surface area contributed by atoms with Gasteiger partial charge in [0.25, 0.3) is 0 Å². The van der Waals surface area contributed by atoms with Crippen LogP contribution in [0.4, 0.5) is 5.13 Å². The van der Waals surface area contributed by atoms with Crippen LogP contribution in [-0.4, -0.2) is 21.4 Å². The van der Waals surface area contributed by atoms with E-state index in [-0.39, 0.29) is 11.2 Å². The van der Waals surface area contributed by atoms with E-state index >= 15 is 0 Å². The molecule has 0 aliphatic carbocycles. The van der Waals surface area contributed by atoms with Gasteiger partial charge >= 0.3 is 0 Å². The average Bonchev–Trinajstić information content (AvgIpc) is 2.62. The number of anilines is 1. The van der Waals surface area contributed by atoms with E-state index in [2.05, 4.69) is 15.6 Å². The standard InChI is InChI=1S/C7H13N5OS2/c1-2-3-4(5(13)10-9)14-7-12-11-6(8)15-7/h4H,2-3,9H2,1H3,(H2,8,11)(H,10,13). The Balaban J connectivity index is 2.62. The Kier molecular flexibility index (Phi) is 4.79. The highest BCUT2D eigenvalue weighted by Crippen LogP contribution is 2.29. The second-order valence-corrected chi connectivity index (χ2v) is 5.27. The van der Waals surface area contributed by atoms with Crippen molar-refractivity contribution in [3.8, 4) is 0 Å². The van der Waals surface area contributed by atoms with Crippen molar-refractivity contribution in [3.63, 3.8) is 0 Å². The maximum Gasteiger partial charge on any atom is 0.247 e. The molecule has 0 aliphatic heterocycles. The van der Waals surface area contributed by atoms with Gasteiger partial charge in [-0.3, -0.25) is 10.2 Å². The van der Waals surface area contributed by atoms with Crippen LogP contribution in [0.15, 0.2) is 4.34 Å². The van der Waals surface area contributed by atoms with Crippen LogP contribution in [-0.2, 0) is 4.79 Å². The number of hydrogen-bond donors (Lipinski definition) is 3. The number of thioether (sulfide) groups is 1. The van der Waals surface area contributed by atoms with Gasteiger partial charge in [-0.05, 0) is 6.42 Å². The van der Waals surface area contributed by atoms with Crippen LogP contribution in [0, 0.1) is 0 Å². The van der Waals surface area contributed by atoms with E-state index in [4.69, 9.17) is 11.6 Å². The number of carbonyl (C=O) groups is 1. The maximum atomic E-state index is 11.4. The van der Waals surface area contributed by atoms with Crippen molar-refractivity contribution in [3.05, 3.63) is 0 Å². The first-order valence-corrected chi connectivity index (χ1v) is 6.13. The third kappa shape index (κ3) is 3.65. The molecule has 84 valence electrons. The number of amides is 1. The molecule has 0 saturated carbocycles. The number of nitrogens with zero attached hydrogens (tertiary/aromatic N) is 2. The summed E-state index contributed by atoms with van der Waals surface area (Å²) in [5.74, 6) is 4.89. The molecule has 1 aromatic rings. The fourth-order valence-corrected chi connectivity index (χ4v) is 2.99. The number of carbonyl (C=O) groups excluding carboxylic acids is 1. The Morgan fingerprint density at radius 2 is 2.40 bits per heavy atom. The molecule has 0 aliphatic rings. The van der Waals surface area contributed by atoms with Crippen LogP contribution < -0.4 is 17.0 Å². The Hall–Kier alpha value is -0.860. The van der Waals surface area contributed by atoms with Gasteiger partial charge in [0.05, 0.1) is 5.25 Å². The summed E-state index contributed by atoms with van der Waals surface area (Å²) in [4.78, 5) is 11.4. The van der Waals surface area contributed by atoms with Gasteiger partial charge < -0.3 is 5.73 Å². The fraction of sp³-hybridized carbons (Fsp3) is 0.571. The molecular formula is C7H13N5OS2. The summed E-state index contributed by atoms with van der Waals surface area (Å²) in [6.07, 6.45) is 1.65. The van der Waals surface area contributed by atoms with Gasteiger partial charge in [0, 0.05) is 0 Å². The molecule has 0 aromatic carbocycles. The minimum Gasteiger partial charge on any atom is -0.374 e. The molecule has 0 radical (unpaired) electrons. The lowest BCUT2D eigenvalue weighted by atomic mass is 10.2. The second-order valence-electron chi connectivity index (χ2n) is 2.81. The van der Waals surface area contributed by atoms with Crippen molar-refractivity contribution >= 4 is 34.1 Å². The summed E-state index contributed by atoms with van der Waals surface area (Å²) >= 11 is 2.61. The molecule has 5 N–H and O–H groups in total. The van der Waals surface area contributed by atoms with Crippen LogP contribution in [0.3, 0.4) is 0 Å². The van der Waals surface area contributed by atoms with Crippen LogP contribution in [0.5, 0.6) is 0 Å². The van der Waals surface area contributed by atoms with E-state index < -0.39 is 0 Å². The number of hydrogen-bond acceptors (Lipinski definition) is 7. The molecular weight excluding hydrogens is 234 g/mol. The number of hydrazine groups is 1. The molecule has 1 atom stereocenters. The largest absolute Gasteiger partial charge is 0.374 e. The van der Waals surface area contributed by atoms with E-state index in [1.54, 1.807) is 0 Å². The molecule has 0 bridgehead atoms. The topological polar surface area (TPSA) is 107 Å². The van der Waals surface area contributed by atoms with E-state index in [0.717, 1.165) is 12.8 Å². The molecule has 1 amide bonds. The minimum atomic E-state index is -0.229. The summed E-state index contributed by atoms with van der Waals surface area (Å²) < 4.78 is 0.689. The highest BCUT2D eigenvalue weighted by molar-refractivity contribution is 8.02. The smallest absolute Gasteiger partial charge is 0.247 e. The lowest BCUT2D eigenvalue weighted by Gasteiger charge is -2.11. The van der Waals surface area contributed by atoms with Gasteiger partial charge in [0.2, 0.25) is 11.0 Å². The Bertz CT molecular complexity index is 329. The van der Waals surface area contributed by atoms with Crippen LogP contribution in [0.1, 0.15) is 19.8 Å². The molecule has 8 heteroatoms. The number of rotatable bonds is 5. The molecule has 1 heterocycles. The van der Waals surface area contributed by atoms with Gasteiger partial charge in [-0.15, -0.1) is 10.2 Å². The SMILES string of the molecule is CCCC(Sc1nnc(N)s1)C(=O)NN. The normalized spacial score (nSPS) is 12.4. The van der Waals surface area contributed by atoms with Crippen molar-refractivity contribution in [2.75, 3.05) is 5.73 Å². The molecule has 0 fully saturated rings. The van der Waals surface area contributed by atoms with Gasteiger partial charge in [0.1, 0.15) is 0 Å². The van der Waals surface area contributed by atoms with E-state index in [1.807, 2.05) is 6.92 Å². The van der Waals surface area contributed by atoms with Crippen LogP contribution in [0.25, 0.3) is 0 Å². The minimum absolute atomic E-state index is 0.198. The van der Waals surface area contributed by atoms with Gasteiger partial charge in [-0.2, -0.15) is 0 Å².